The molecule has 0 radical (unpaired) electrons. The van der Waals surface area contributed by atoms with Crippen molar-refractivity contribution in [2.24, 2.45) is 0 Å². The smallest absolute Gasteiger partial charge is 0.289 e. The van der Waals surface area contributed by atoms with Crippen LogP contribution in [0.3, 0.4) is 0 Å². The van der Waals surface area contributed by atoms with Crippen molar-refractivity contribution < 1.29 is 0 Å². The van der Waals surface area contributed by atoms with Gasteiger partial charge in [0.15, 0.2) is 11.3 Å². The van der Waals surface area contributed by atoms with Crippen LogP contribution in [0.2, 0.25) is 0 Å². The first kappa shape index (κ1) is 16.4. The van der Waals surface area contributed by atoms with E-state index >= 15 is 0 Å². The van der Waals surface area contributed by atoms with Crippen LogP contribution < -0.4 is 5.69 Å². The molecule has 0 unspecified atom stereocenters. The number of benzene rings is 3. The van der Waals surface area contributed by atoms with E-state index in [-0.39, 0.29) is 11.6 Å². The van der Waals surface area contributed by atoms with Gasteiger partial charge in [0.25, 0.3) is 0 Å². The second kappa shape index (κ2) is 6.46. The lowest BCUT2D eigenvalue weighted by Crippen LogP contribution is -2.05. The van der Waals surface area contributed by atoms with Crippen molar-refractivity contribution in [3.8, 4) is 11.3 Å². The minimum absolute atomic E-state index is 0.0190. The summed E-state index contributed by atoms with van der Waals surface area (Å²) in [5.74, 6) is 0.0190. The number of nitrogens with one attached hydrogen (secondary N) is 2. The summed E-state index contributed by atoms with van der Waals surface area (Å²) < 4.78 is 0. The lowest BCUT2D eigenvalue weighted by atomic mass is 9.92. The number of aromatic amines is 2. The SMILES string of the molecule is C[C@@H](c1ccccc1)c1nc2[nH]c(=O)[nH]c2nc1-c1cccc2ccccc12. The lowest BCUT2D eigenvalue weighted by Gasteiger charge is -2.16. The van der Waals surface area contributed by atoms with E-state index in [4.69, 9.17) is 9.97 Å². The Morgan fingerprint density at radius 3 is 2.29 bits per heavy atom. The average Bonchev–Trinajstić information content (AvgIpc) is 3.11. The second-order valence-electron chi connectivity index (χ2n) is 6.89. The summed E-state index contributed by atoms with van der Waals surface area (Å²) in [6.45, 7) is 2.12. The van der Waals surface area contributed by atoms with Crippen LogP contribution in [0.1, 0.15) is 24.1 Å². The number of H-pyrrole nitrogens is 2. The Labute approximate surface area is 161 Å². The monoisotopic (exact) mass is 366 g/mol. The number of hydrogen-bond donors (Lipinski definition) is 2. The molecule has 28 heavy (non-hydrogen) atoms. The third kappa shape index (κ3) is 2.68. The van der Waals surface area contributed by atoms with Gasteiger partial charge in [-0.3, -0.25) is 9.97 Å². The normalized spacial score (nSPS) is 12.5. The fraction of sp³-hybridized carbons (Fsp3) is 0.0870. The molecule has 136 valence electrons. The van der Waals surface area contributed by atoms with Crippen molar-refractivity contribution in [2.45, 2.75) is 12.8 Å². The Bertz CT molecular complexity index is 1350. The second-order valence-corrected chi connectivity index (χ2v) is 6.89. The lowest BCUT2D eigenvalue weighted by molar-refractivity contribution is 0.872. The first-order chi connectivity index (χ1) is 13.7. The molecule has 5 aromatic rings. The number of rotatable bonds is 3. The van der Waals surface area contributed by atoms with Gasteiger partial charge in [0.1, 0.15) is 0 Å². The highest BCUT2D eigenvalue weighted by Crippen LogP contribution is 2.35. The summed E-state index contributed by atoms with van der Waals surface area (Å²) in [7, 11) is 0. The van der Waals surface area contributed by atoms with E-state index in [0.717, 1.165) is 33.3 Å². The van der Waals surface area contributed by atoms with Gasteiger partial charge in [0.05, 0.1) is 11.4 Å². The van der Waals surface area contributed by atoms with E-state index < -0.39 is 0 Å². The molecular weight excluding hydrogens is 348 g/mol. The molecule has 0 aliphatic heterocycles. The van der Waals surface area contributed by atoms with Crippen LogP contribution >= 0.6 is 0 Å². The standard InChI is InChI=1S/C23H18N4O/c1-14(15-8-3-2-4-9-15)19-20(25-22-21(24-19)26-23(28)27-22)18-13-7-11-16-10-5-6-12-17(16)18/h2-14H,1H3,(H2,24,25,26,27,28)/t14-/m0/s1. The molecule has 0 saturated heterocycles. The Balaban J connectivity index is 1.83. The fourth-order valence-electron chi connectivity index (χ4n) is 3.70. The number of aromatic nitrogens is 4. The average molecular weight is 366 g/mol. The number of nitrogens with zero attached hydrogens (tertiary/aromatic N) is 2. The summed E-state index contributed by atoms with van der Waals surface area (Å²) in [6.07, 6.45) is 0. The molecule has 0 aliphatic carbocycles. The molecule has 1 atom stereocenters. The van der Waals surface area contributed by atoms with Crippen molar-refractivity contribution >= 4 is 22.1 Å². The highest BCUT2D eigenvalue weighted by atomic mass is 16.1. The minimum Gasteiger partial charge on any atom is -0.289 e. The van der Waals surface area contributed by atoms with Crippen molar-refractivity contribution in [1.29, 1.82) is 0 Å². The molecule has 2 aromatic heterocycles. The predicted molar refractivity (Wildman–Crippen MR) is 111 cm³/mol. The van der Waals surface area contributed by atoms with E-state index in [9.17, 15) is 4.79 Å². The van der Waals surface area contributed by atoms with Crippen molar-refractivity contribution in [1.82, 2.24) is 19.9 Å². The minimum atomic E-state index is -0.302. The van der Waals surface area contributed by atoms with Crippen molar-refractivity contribution in [3.05, 3.63) is 94.5 Å². The van der Waals surface area contributed by atoms with Crippen LogP contribution in [0.4, 0.5) is 0 Å². The van der Waals surface area contributed by atoms with Gasteiger partial charge in [0.2, 0.25) is 0 Å². The highest BCUT2D eigenvalue weighted by Gasteiger charge is 2.20. The molecule has 0 bridgehead atoms. The van der Waals surface area contributed by atoms with Crippen LogP contribution in [0.5, 0.6) is 0 Å². The zero-order chi connectivity index (χ0) is 19.1. The topological polar surface area (TPSA) is 74.4 Å². The van der Waals surface area contributed by atoms with E-state index in [1.807, 2.05) is 36.4 Å². The third-order valence-corrected chi connectivity index (χ3v) is 5.14. The van der Waals surface area contributed by atoms with Crippen LogP contribution in [0.25, 0.3) is 33.3 Å². The van der Waals surface area contributed by atoms with E-state index in [1.165, 1.54) is 0 Å². The largest absolute Gasteiger partial charge is 0.326 e. The van der Waals surface area contributed by atoms with Crippen LogP contribution in [0.15, 0.2) is 77.6 Å². The molecular formula is C23H18N4O. The van der Waals surface area contributed by atoms with Crippen molar-refractivity contribution in [3.63, 3.8) is 0 Å². The highest BCUT2D eigenvalue weighted by molar-refractivity contribution is 5.97. The van der Waals surface area contributed by atoms with Gasteiger partial charge in [-0.15, -0.1) is 0 Å². The Morgan fingerprint density at radius 1 is 0.786 bits per heavy atom. The Morgan fingerprint density at radius 2 is 1.46 bits per heavy atom. The van der Waals surface area contributed by atoms with Crippen LogP contribution in [-0.4, -0.2) is 19.9 Å². The Hall–Kier alpha value is -3.73. The summed E-state index contributed by atoms with van der Waals surface area (Å²) in [4.78, 5) is 26.9. The van der Waals surface area contributed by atoms with E-state index in [2.05, 4.69) is 53.3 Å². The summed E-state index contributed by atoms with van der Waals surface area (Å²) in [6, 6.07) is 24.6. The molecule has 0 spiro atoms. The first-order valence-corrected chi connectivity index (χ1v) is 9.24. The summed E-state index contributed by atoms with van der Waals surface area (Å²) in [5, 5.41) is 2.25. The third-order valence-electron chi connectivity index (χ3n) is 5.14. The first-order valence-electron chi connectivity index (χ1n) is 9.24. The molecule has 5 nitrogen and oxygen atoms in total. The quantitative estimate of drug-likeness (QED) is 0.489. The van der Waals surface area contributed by atoms with Gasteiger partial charge in [-0.1, -0.05) is 79.7 Å². The molecule has 0 fully saturated rings. The maximum atomic E-state index is 11.8. The van der Waals surface area contributed by atoms with Gasteiger partial charge in [-0.05, 0) is 16.3 Å². The van der Waals surface area contributed by atoms with E-state index in [0.29, 0.717) is 11.3 Å². The molecule has 0 aliphatic rings. The number of imidazole rings is 1. The predicted octanol–water partition coefficient (Wildman–Crippen LogP) is 4.62. The van der Waals surface area contributed by atoms with Crippen LogP contribution in [-0.2, 0) is 0 Å². The molecule has 0 amide bonds. The maximum Gasteiger partial charge on any atom is 0.326 e. The van der Waals surface area contributed by atoms with Crippen LogP contribution in [0, 0.1) is 0 Å². The van der Waals surface area contributed by atoms with Gasteiger partial charge in [-0.25, -0.2) is 14.8 Å². The van der Waals surface area contributed by atoms with Crippen molar-refractivity contribution in [2.75, 3.05) is 0 Å². The van der Waals surface area contributed by atoms with E-state index in [1.54, 1.807) is 0 Å². The molecule has 3 aromatic carbocycles. The number of hydrogen-bond acceptors (Lipinski definition) is 3. The van der Waals surface area contributed by atoms with Gasteiger partial charge in [0, 0.05) is 11.5 Å². The summed E-state index contributed by atoms with van der Waals surface area (Å²) >= 11 is 0. The Kier molecular flexibility index (Phi) is 3.79. The zero-order valence-electron chi connectivity index (χ0n) is 15.3. The molecule has 0 saturated carbocycles. The van der Waals surface area contributed by atoms with Gasteiger partial charge >= 0.3 is 5.69 Å². The number of fused-ring (bicyclic) bond motifs is 2. The molecule has 5 heteroatoms. The molecule has 2 N–H and O–H groups in total. The van der Waals surface area contributed by atoms with Gasteiger partial charge < -0.3 is 0 Å². The summed E-state index contributed by atoms with van der Waals surface area (Å²) in [5.41, 5.74) is 4.43. The maximum absolute atomic E-state index is 11.8. The van der Waals surface area contributed by atoms with Gasteiger partial charge in [-0.2, -0.15) is 0 Å². The molecule has 2 heterocycles. The molecule has 5 rings (SSSR count). The fourth-order valence-corrected chi connectivity index (χ4v) is 3.70. The zero-order valence-corrected chi connectivity index (χ0v) is 15.3.